The van der Waals surface area contributed by atoms with E-state index in [9.17, 15) is 19.2 Å². The van der Waals surface area contributed by atoms with Crippen LogP contribution in [-0.2, 0) is 47.5 Å². The summed E-state index contributed by atoms with van der Waals surface area (Å²) in [5, 5.41) is 0. The number of rotatable bonds is 41. The predicted molar refractivity (Wildman–Crippen MR) is 225 cm³/mol. The molecule has 0 aromatic heterocycles. The molecule has 334 valence electrons. The van der Waals surface area contributed by atoms with Gasteiger partial charge in [0.15, 0.2) is 6.29 Å². The van der Waals surface area contributed by atoms with Crippen molar-refractivity contribution < 1.29 is 52.3 Å². The van der Waals surface area contributed by atoms with Crippen LogP contribution in [0.2, 0.25) is 0 Å². The molecule has 0 aromatic rings. The SMILES string of the molecule is CCCCC/C=C\COC(=O)CCCC(=O)OCC(COC(=O)CCC(OCCCCCCCC)OCCCCCCCC)COC(=O)OCCCN(CC)CC. The van der Waals surface area contributed by atoms with Gasteiger partial charge in [-0.15, -0.1) is 0 Å². The minimum atomic E-state index is -0.834. The quantitative estimate of drug-likeness (QED) is 0.0191. The minimum absolute atomic E-state index is 0.0166. The molecule has 1 atom stereocenters. The van der Waals surface area contributed by atoms with Crippen LogP contribution in [0.1, 0.15) is 176 Å². The Kier molecular flexibility index (Phi) is 39.5. The summed E-state index contributed by atoms with van der Waals surface area (Å²) in [5.74, 6) is -1.95. The number of unbranched alkanes of at least 4 members (excludes halogenated alkanes) is 13. The van der Waals surface area contributed by atoms with Gasteiger partial charge >= 0.3 is 24.1 Å². The molecule has 57 heavy (non-hydrogen) atoms. The predicted octanol–water partition coefficient (Wildman–Crippen LogP) is 10.3. The van der Waals surface area contributed by atoms with E-state index in [-0.39, 0.29) is 64.7 Å². The average molecular weight is 814 g/mol. The van der Waals surface area contributed by atoms with Crippen molar-refractivity contribution in [1.82, 2.24) is 4.90 Å². The summed E-state index contributed by atoms with van der Waals surface area (Å²) >= 11 is 0. The van der Waals surface area contributed by atoms with Crippen LogP contribution in [-0.4, -0.2) is 101 Å². The van der Waals surface area contributed by atoms with E-state index in [4.69, 9.17) is 33.2 Å². The molecule has 0 heterocycles. The Balaban J connectivity index is 4.98. The highest BCUT2D eigenvalue weighted by molar-refractivity contribution is 5.72. The second kappa shape index (κ2) is 41.5. The van der Waals surface area contributed by atoms with E-state index in [1.807, 2.05) is 12.2 Å². The first kappa shape index (κ1) is 54.3. The second-order valence-electron chi connectivity index (χ2n) is 14.8. The number of esters is 3. The van der Waals surface area contributed by atoms with Crippen LogP contribution in [0.15, 0.2) is 12.2 Å². The zero-order valence-electron chi connectivity index (χ0n) is 36.9. The molecule has 0 rings (SSSR count). The summed E-state index contributed by atoms with van der Waals surface area (Å²) in [6, 6.07) is 0. The lowest BCUT2D eigenvalue weighted by Crippen LogP contribution is -2.28. The van der Waals surface area contributed by atoms with Crippen LogP contribution in [0.5, 0.6) is 0 Å². The Hall–Kier alpha value is -2.70. The van der Waals surface area contributed by atoms with Crippen molar-refractivity contribution in [2.75, 3.05) is 65.9 Å². The Morgan fingerprint density at radius 1 is 0.491 bits per heavy atom. The van der Waals surface area contributed by atoms with E-state index in [0.29, 0.717) is 26.1 Å². The molecule has 0 aromatic carbocycles. The average Bonchev–Trinajstić information content (AvgIpc) is 3.21. The van der Waals surface area contributed by atoms with Crippen LogP contribution in [0.4, 0.5) is 4.79 Å². The maximum Gasteiger partial charge on any atom is 0.508 e. The Labute approximate surface area is 346 Å². The van der Waals surface area contributed by atoms with Crippen LogP contribution in [0.3, 0.4) is 0 Å². The van der Waals surface area contributed by atoms with Gasteiger partial charge in [0, 0.05) is 39.0 Å². The van der Waals surface area contributed by atoms with Crippen LogP contribution < -0.4 is 0 Å². The van der Waals surface area contributed by atoms with Gasteiger partial charge in [-0.1, -0.05) is 124 Å². The molecular formula is C45H83NO11. The molecule has 0 aliphatic rings. The summed E-state index contributed by atoms with van der Waals surface area (Å²) in [6.07, 6.45) is 22.3. The van der Waals surface area contributed by atoms with Gasteiger partial charge in [-0.3, -0.25) is 14.4 Å². The highest BCUT2D eigenvalue weighted by Crippen LogP contribution is 2.13. The molecule has 0 spiro atoms. The van der Waals surface area contributed by atoms with Crippen molar-refractivity contribution in [2.24, 2.45) is 5.92 Å². The topological polar surface area (TPSA) is 136 Å². The Morgan fingerprint density at radius 3 is 1.58 bits per heavy atom. The van der Waals surface area contributed by atoms with Crippen molar-refractivity contribution in [3.8, 4) is 0 Å². The molecule has 0 amide bonds. The molecule has 0 fully saturated rings. The zero-order chi connectivity index (χ0) is 42.0. The van der Waals surface area contributed by atoms with Gasteiger partial charge in [0.2, 0.25) is 0 Å². The van der Waals surface area contributed by atoms with Gasteiger partial charge in [0.25, 0.3) is 0 Å². The number of ether oxygens (including phenoxy) is 7. The molecule has 1 unspecified atom stereocenters. The second-order valence-corrected chi connectivity index (χ2v) is 14.8. The third-order valence-electron chi connectivity index (χ3n) is 9.56. The Morgan fingerprint density at radius 2 is 1.00 bits per heavy atom. The molecule has 12 nitrogen and oxygen atoms in total. The fraction of sp³-hybridized carbons (Fsp3) is 0.867. The van der Waals surface area contributed by atoms with Crippen molar-refractivity contribution in [3.05, 3.63) is 12.2 Å². The number of hydrogen-bond donors (Lipinski definition) is 0. The van der Waals surface area contributed by atoms with Crippen molar-refractivity contribution >= 4 is 24.1 Å². The normalized spacial score (nSPS) is 12.0. The van der Waals surface area contributed by atoms with Gasteiger partial charge < -0.3 is 38.1 Å². The molecule has 0 radical (unpaired) electrons. The van der Waals surface area contributed by atoms with Gasteiger partial charge in [-0.2, -0.15) is 0 Å². The van der Waals surface area contributed by atoms with E-state index < -0.39 is 30.3 Å². The maximum atomic E-state index is 12.9. The minimum Gasteiger partial charge on any atom is -0.465 e. The third-order valence-corrected chi connectivity index (χ3v) is 9.56. The summed E-state index contributed by atoms with van der Waals surface area (Å²) in [5.41, 5.74) is 0. The first-order valence-corrected chi connectivity index (χ1v) is 22.7. The first-order valence-electron chi connectivity index (χ1n) is 22.7. The van der Waals surface area contributed by atoms with Crippen LogP contribution >= 0.6 is 0 Å². The molecule has 0 aliphatic carbocycles. The molecule has 0 aliphatic heterocycles. The van der Waals surface area contributed by atoms with E-state index in [1.54, 1.807) is 0 Å². The number of allylic oxidation sites excluding steroid dienone is 1. The van der Waals surface area contributed by atoms with E-state index in [0.717, 1.165) is 64.6 Å². The van der Waals surface area contributed by atoms with Crippen molar-refractivity contribution in [2.45, 2.75) is 182 Å². The largest absolute Gasteiger partial charge is 0.508 e. The van der Waals surface area contributed by atoms with E-state index >= 15 is 0 Å². The van der Waals surface area contributed by atoms with Crippen LogP contribution in [0, 0.1) is 5.92 Å². The number of carbonyl (C=O) groups is 4. The molecule has 0 saturated carbocycles. The first-order chi connectivity index (χ1) is 27.8. The highest BCUT2D eigenvalue weighted by Gasteiger charge is 2.20. The molecule has 12 heteroatoms. The molecule has 0 N–H and O–H groups in total. The van der Waals surface area contributed by atoms with Crippen LogP contribution in [0.25, 0.3) is 0 Å². The summed E-state index contributed by atoms with van der Waals surface area (Å²) < 4.78 is 38.9. The number of carbonyl (C=O) groups excluding carboxylic acids is 4. The van der Waals surface area contributed by atoms with Crippen molar-refractivity contribution in [1.29, 1.82) is 0 Å². The number of hydrogen-bond acceptors (Lipinski definition) is 12. The summed E-state index contributed by atoms with van der Waals surface area (Å²) in [4.78, 5) is 52.1. The summed E-state index contributed by atoms with van der Waals surface area (Å²) in [7, 11) is 0. The monoisotopic (exact) mass is 814 g/mol. The molecular weight excluding hydrogens is 730 g/mol. The lowest BCUT2D eigenvalue weighted by Gasteiger charge is -2.20. The smallest absolute Gasteiger partial charge is 0.465 e. The van der Waals surface area contributed by atoms with E-state index in [2.05, 4.69) is 39.5 Å². The maximum absolute atomic E-state index is 12.9. The van der Waals surface area contributed by atoms with Crippen molar-refractivity contribution in [3.63, 3.8) is 0 Å². The fourth-order valence-electron chi connectivity index (χ4n) is 5.85. The van der Waals surface area contributed by atoms with Gasteiger partial charge in [0.05, 0.1) is 18.9 Å². The highest BCUT2D eigenvalue weighted by atomic mass is 16.7. The fourth-order valence-corrected chi connectivity index (χ4v) is 5.85. The summed E-state index contributed by atoms with van der Waals surface area (Å²) in [6.45, 7) is 14.5. The van der Waals surface area contributed by atoms with E-state index in [1.165, 1.54) is 57.8 Å². The Bertz CT molecular complexity index is 970. The number of nitrogens with zero attached hydrogens (tertiary/aromatic N) is 1. The van der Waals surface area contributed by atoms with Gasteiger partial charge in [0.1, 0.15) is 26.4 Å². The lowest BCUT2D eigenvalue weighted by atomic mass is 10.1. The molecule has 0 bridgehead atoms. The zero-order valence-corrected chi connectivity index (χ0v) is 36.9. The van der Waals surface area contributed by atoms with Gasteiger partial charge in [-0.25, -0.2) is 4.79 Å². The van der Waals surface area contributed by atoms with Gasteiger partial charge in [-0.05, 0) is 51.6 Å². The third kappa shape index (κ3) is 37.3. The molecule has 0 saturated heterocycles. The lowest BCUT2D eigenvalue weighted by molar-refractivity contribution is -0.161. The standard InChI is InChI=1S/C45H83NO11/c1-6-11-14-17-20-23-33-51-41(47)28-26-29-42(48)55-37-40(39-57-45(50)54-36-27-32-46(9-4)10-5)38-56-43(49)30-31-44(52-34-24-21-18-15-12-7-2)53-35-25-22-19-16-13-8-3/h20,23,40,44H,6-19,21-22,24-39H2,1-5H3/b23-20-.